The first kappa shape index (κ1) is 17.1. The number of fused-ring (bicyclic) bond motifs is 1. The van der Waals surface area contributed by atoms with Crippen molar-refractivity contribution in [3.8, 4) is 11.5 Å². The van der Waals surface area contributed by atoms with Gasteiger partial charge in [-0.25, -0.2) is 0 Å². The molecule has 3 aromatic rings. The van der Waals surface area contributed by atoms with Crippen LogP contribution in [0.25, 0.3) is 17.1 Å². The van der Waals surface area contributed by atoms with E-state index in [0.717, 1.165) is 18.7 Å². The molecule has 8 nitrogen and oxygen atoms in total. The van der Waals surface area contributed by atoms with Crippen LogP contribution in [0.3, 0.4) is 0 Å². The van der Waals surface area contributed by atoms with Gasteiger partial charge in [0.1, 0.15) is 5.82 Å². The van der Waals surface area contributed by atoms with Crippen molar-refractivity contribution < 1.29 is 9.32 Å². The van der Waals surface area contributed by atoms with Gasteiger partial charge in [0.2, 0.25) is 5.91 Å². The third-order valence-corrected chi connectivity index (χ3v) is 3.97. The van der Waals surface area contributed by atoms with Crippen LogP contribution in [0, 0.1) is 6.92 Å². The normalized spacial score (nSPS) is 11.1. The van der Waals surface area contributed by atoms with Gasteiger partial charge in [-0.05, 0) is 25.5 Å². The molecule has 0 saturated heterocycles. The highest BCUT2D eigenvalue weighted by Gasteiger charge is 2.16. The molecule has 0 aliphatic heterocycles. The van der Waals surface area contributed by atoms with E-state index in [1.54, 1.807) is 0 Å². The summed E-state index contributed by atoms with van der Waals surface area (Å²) in [6.07, 6.45) is 6.47. The maximum absolute atomic E-state index is 11.9. The van der Waals surface area contributed by atoms with Gasteiger partial charge < -0.3 is 9.84 Å². The number of unbranched alkanes of at least 4 members (excludes halogenated alkanes) is 3. The van der Waals surface area contributed by atoms with E-state index in [0.29, 0.717) is 29.5 Å². The molecule has 0 aliphatic rings. The molecule has 0 spiro atoms. The second-order valence-corrected chi connectivity index (χ2v) is 5.97. The molecule has 1 N–H and O–H groups in total. The monoisotopic (exact) mass is 342 g/mol. The minimum absolute atomic E-state index is 0.0969. The highest BCUT2D eigenvalue weighted by Crippen LogP contribution is 2.22. The molecule has 0 atom stereocenters. The van der Waals surface area contributed by atoms with Crippen LogP contribution >= 0.6 is 0 Å². The fourth-order valence-corrected chi connectivity index (χ4v) is 2.62. The summed E-state index contributed by atoms with van der Waals surface area (Å²) < 4.78 is 7.15. The van der Waals surface area contributed by atoms with E-state index >= 15 is 0 Å². The average molecular weight is 342 g/mol. The van der Waals surface area contributed by atoms with Crippen molar-refractivity contribution in [2.75, 3.05) is 6.54 Å². The molecule has 0 unspecified atom stereocenters. The largest absolute Gasteiger partial charge is 0.356 e. The standard InChI is InChI=1S/C17H22N6O2/c1-3-4-5-6-9-18-15(24)11-14-19-17(25-22-14)13-8-7-10-23-12(2)20-21-16(13)23/h7-8,10H,3-6,9,11H2,1-2H3,(H,18,24). The minimum atomic E-state index is -0.0969. The number of carbonyl (C=O) groups excluding carboxylic acids is 1. The molecule has 25 heavy (non-hydrogen) atoms. The maximum Gasteiger partial charge on any atom is 0.261 e. The van der Waals surface area contributed by atoms with E-state index in [-0.39, 0.29) is 12.3 Å². The lowest BCUT2D eigenvalue weighted by Crippen LogP contribution is -2.26. The Morgan fingerprint density at radius 3 is 3.00 bits per heavy atom. The van der Waals surface area contributed by atoms with Crippen molar-refractivity contribution in [1.82, 2.24) is 30.1 Å². The number of pyridine rings is 1. The molecule has 3 rings (SSSR count). The van der Waals surface area contributed by atoms with Gasteiger partial charge in [0.15, 0.2) is 11.5 Å². The lowest BCUT2D eigenvalue weighted by atomic mass is 10.2. The Hall–Kier alpha value is -2.77. The van der Waals surface area contributed by atoms with Gasteiger partial charge in [0.25, 0.3) is 5.89 Å². The zero-order valence-electron chi connectivity index (χ0n) is 14.5. The lowest BCUT2D eigenvalue weighted by molar-refractivity contribution is -0.120. The van der Waals surface area contributed by atoms with Crippen molar-refractivity contribution in [1.29, 1.82) is 0 Å². The summed E-state index contributed by atoms with van der Waals surface area (Å²) in [7, 11) is 0. The molecule has 8 heteroatoms. The zero-order chi connectivity index (χ0) is 17.6. The number of hydrogen-bond acceptors (Lipinski definition) is 6. The molecule has 3 heterocycles. The number of amides is 1. The van der Waals surface area contributed by atoms with Crippen molar-refractivity contribution in [3.05, 3.63) is 30.0 Å². The molecule has 1 amide bonds. The first-order valence-electron chi connectivity index (χ1n) is 8.59. The quantitative estimate of drug-likeness (QED) is 0.631. The molecule has 3 aromatic heterocycles. The number of nitrogens with one attached hydrogen (secondary N) is 1. The molecular formula is C17H22N6O2. The van der Waals surface area contributed by atoms with Crippen LogP contribution in [-0.4, -0.2) is 37.2 Å². The zero-order valence-corrected chi connectivity index (χ0v) is 14.5. The predicted molar refractivity (Wildman–Crippen MR) is 91.9 cm³/mol. The van der Waals surface area contributed by atoms with Gasteiger partial charge in [0, 0.05) is 12.7 Å². The number of nitrogens with zero attached hydrogens (tertiary/aromatic N) is 5. The van der Waals surface area contributed by atoms with Crippen LogP contribution in [0.15, 0.2) is 22.9 Å². The molecule has 0 saturated carbocycles. The van der Waals surface area contributed by atoms with Crippen LogP contribution in [0.2, 0.25) is 0 Å². The molecule has 0 aromatic carbocycles. The molecule has 132 valence electrons. The molecule has 0 bridgehead atoms. The summed E-state index contributed by atoms with van der Waals surface area (Å²) in [5.41, 5.74) is 1.34. The molecule has 0 aliphatic carbocycles. The molecule has 0 fully saturated rings. The third-order valence-electron chi connectivity index (χ3n) is 3.97. The van der Waals surface area contributed by atoms with E-state index in [4.69, 9.17) is 4.52 Å². The van der Waals surface area contributed by atoms with Gasteiger partial charge in [-0.15, -0.1) is 10.2 Å². The SMILES string of the molecule is CCCCCCNC(=O)Cc1noc(-c2cccn3c(C)nnc23)n1. The van der Waals surface area contributed by atoms with Crippen LogP contribution in [0.1, 0.15) is 44.3 Å². The summed E-state index contributed by atoms with van der Waals surface area (Å²) >= 11 is 0. The van der Waals surface area contributed by atoms with Crippen molar-refractivity contribution in [2.24, 2.45) is 0 Å². The number of rotatable bonds is 8. The van der Waals surface area contributed by atoms with Crippen LogP contribution in [-0.2, 0) is 11.2 Å². The topological polar surface area (TPSA) is 98.2 Å². The van der Waals surface area contributed by atoms with E-state index in [1.807, 2.05) is 29.7 Å². The summed E-state index contributed by atoms with van der Waals surface area (Å²) in [5, 5.41) is 15.0. The predicted octanol–water partition coefficient (Wildman–Crippen LogP) is 2.33. The Morgan fingerprint density at radius 2 is 2.16 bits per heavy atom. The van der Waals surface area contributed by atoms with Crippen molar-refractivity contribution in [2.45, 2.75) is 46.0 Å². The van der Waals surface area contributed by atoms with Crippen LogP contribution < -0.4 is 5.32 Å². The first-order valence-corrected chi connectivity index (χ1v) is 8.59. The Morgan fingerprint density at radius 1 is 1.28 bits per heavy atom. The highest BCUT2D eigenvalue weighted by atomic mass is 16.5. The van der Waals surface area contributed by atoms with Gasteiger partial charge >= 0.3 is 0 Å². The van der Waals surface area contributed by atoms with Crippen molar-refractivity contribution in [3.63, 3.8) is 0 Å². The minimum Gasteiger partial charge on any atom is -0.356 e. The fourth-order valence-electron chi connectivity index (χ4n) is 2.62. The van der Waals surface area contributed by atoms with Gasteiger partial charge in [-0.2, -0.15) is 4.98 Å². The van der Waals surface area contributed by atoms with E-state index in [1.165, 1.54) is 12.8 Å². The third kappa shape index (κ3) is 4.01. The van der Waals surface area contributed by atoms with Crippen molar-refractivity contribution >= 4 is 11.6 Å². The fraction of sp³-hybridized carbons (Fsp3) is 0.471. The van der Waals surface area contributed by atoms with Gasteiger partial charge in [-0.1, -0.05) is 31.3 Å². The molecular weight excluding hydrogens is 320 g/mol. The summed E-state index contributed by atoms with van der Waals surface area (Å²) in [5.74, 6) is 1.38. The van der Waals surface area contributed by atoms with Gasteiger partial charge in [0.05, 0.1) is 12.0 Å². The number of aromatic nitrogens is 5. The van der Waals surface area contributed by atoms with E-state index < -0.39 is 0 Å². The van der Waals surface area contributed by atoms with E-state index in [2.05, 4.69) is 32.6 Å². The summed E-state index contributed by atoms with van der Waals surface area (Å²) in [4.78, 5) is 16.3. The Bertz CT molecular complexity index is 854. The second kappa shape index (κ2) is 7.87. The molecule has 0 radical (unpaired) electrons. The van der Waals surface area contributed by atoms with Gasteiger partial charge in [-0.3, -0.25) is 9.20 Å². The number of aryl methyl sites for hydroxylation is 1. The number of carbonyl (C=O) groups is 1. The average Bonchev–Trinajstić information content (AvgIpc) is 3.22. The van der Waals surface area contributed by atoms with Crippen LogP contribution in [0.5, 0.6) is 0 Å². The lowest BCUT2D eigenvalue weighted by Gasteiger charge is -2.02. The summed E-state index contributed by atoms with van der Waals surface area (Å²) in [6.45, 7) is 4.71. The van der Waals surface area contributed by atoms with E-state index in [9.17, 15) is 4.79 Å². The Labute approximate surface area is 145 Å². The number of hydrogen-bond donors (Lipinski definition) is 1. The smallest absolute Gasteiger partial charge is 0.261 e. The Kier molecular flexibility index (Phi) is 5.37. The Balaban J connectivity index is 1.63. The highest BCUT2D eigenvalue weighted by molar-refractivity contribution is 5.78. The second-order valence-electron chi connectivity index (χ2n) is 5.97. The maximum atomic E-state index is 11.9. The first-order chi connectivity index (χ1) is 12.2. The summed E-state index contributed by atoms with van der Waals surface area (Å²) in [6, 6.07) is 3.71. The van der Waals surface area contributed by atoms with Crippen LogP contribution in [0.4, 0.5) is 0 Å².